The van der Waals surface area contributed by atoms with E-state index < -0.39 is 28.0 Å². The van der Waals surface area contributed by atoms with Crippen LogP contribution >= 0.6 is 0 Å². The van der Waals surface area contributed by atoms with E-state index in [1.807, 2.05) is 0 Å². The van der Waals surface area contributed by atoms with Crippen LogP contribution in [0.5, 0.6) is 0 Å². The first-order valence-corrected chi connectivity index (χ1v) is 8.18. The van der Waals surface area contributed by atoms with Gasteiger partial charge < -0.3 is 15.5 Å². The highest BCUT2D eigenvalue weighted by atomic mass is 32.2. The lowest BCUT2D eigenvalue weighted by atomic mass is 10.2. The zero-order valence-corrected chi connectivity index (χ0v) is 13.3. The van der Waals surface area contributed by atoms with Crippen LogP contribution in [0.1, 0.15) is 20.7 Å². The van der Waals surface area contributed by atoms with E-state index in [0.29, 0.717) is 0 Å². The molecule has 0 aliphatic heterocycles. The van der Waals surface area contributed by atoms with Gasteiger partial charge in [0, 0.05) is 5.69 Å². The number of carboxylic acid groups (broad SMARTS) is 2. The fourth-order valence-electron chi connectivity index (χ4n) is 1.84. The monoisotopic (exact) mass is 364 g/mol. The maximum Gasteiger partial charge on any atom is 0.335 e. The molecular formula is C15H12N2O7S. The first kappa shape index (κ1) is 17.9. The number of aromatic carboxylic acids is 2. The Morgan fingerprint density at radius 1 is 0.840 bits per heavy atom. The number of hydrogen-bond acceptors (Lipinski definition) is 5. The number of nitrogens with one attached hydrogen (secondary N) is 2. The molecule has 9 nitrogen and oxygen atoms in total. The maximum atomic E-state index is 12.1. The zero-order chi connectivity index (χ0) is 18.6. The lowest BCUT2D eigenvalue weighted by molar-refractivity contribution is 0.0686. The molecule has 0 heterocycles. The van der Waals surface area contributed by atoms with Gasteiger partial charge >= 0.3 is 18.0 Å². The van der Waals surface area contributed by atoms with Crippen LogP contribution in [0.25, 0.3) is 0 Å². The molecule has 130 valence electrons. The summed E-state index contributed by atoms with van der Waals surface area (Å²) in [5.74, 6) is -2.41. The summed E-state index contributed by atoms with van der Waals surface area (Å²) in [5, 5.41) is 19.9. The molecule has 4 N–H and O–H groups in total. The van der Waals surface area contributed by atoms with Gasteiger partial charge in [0.05, 0.1) is 16.0 Å². The van der Waals surface area contributed by atoms with E-state index in [1.165, 1.54) is 18.2 Å². The van der Waals surface area contributed by atoms with Gasteiger partial charge in [-0.2, -0.15) is 0 Å². The van der Waals surface area contributed by atoms with Crippen molar-refractivity contribution in [2.75, 3.05) is 5.32 Å². The molecule has 0 spiro atoms. The SMILES string of the molecule is O=C(Nc1cccc(C(=O)O)c1)NS(=O)(=O)c1ccc(C(=O)O)cc1. The first-order valence-electron chi connectivity index (χ1n) is 6.69. The van der Waals surface area contributed by atoms with Crippen molar-refractivity contribution in [3.63, 3.8) is 0 Å². The predicted octanol–water partition coefficient (Wildman–Crippen LogP) is 1.59. The average molecular weight is 364 g/mol. The molecule has 0 saturated heterocycles. The van der Waals surface area contributed by atoms with Crippen molar-refractivity contribution in [1.29, 1.82) is 0 Å². The van der Waals surface area contributed by atoms with Gasteiger partial charge in [-0.25, -0.2) is 27.5 Å². The number of anilines is 1. The van der Waals surface area contributed by atoms with E-state index in [4.69, 9.17) is 10.2 Å². The van der Waals surface area contributed by atoms with Crippen LogP contribution in [-0.2, 0) is 10.0 Å². The maximum absolute atomic E-state index is 12.1. The van der Waals surface area contributed by atoms with Gasteiger partial charge in [0.1, 0.15) is 0 Å². The summed E-state index contributed by atoms with van der Waals surface area (Å²) in [5.41, 5.74) is -0.0902. The molecule has 10 heteroatoms. The molecule has 0 aromatic heterocycles. The molecule has 2 amide bonds. The second-order valence-corrected chi connectivity index (χ2v) is 6.46. The van der Waals surface area contributed by atoms with Crippen LogP contribution in [0.4, 0.5) is 10.5 Å². The highest BCUT2D eigenvalue weighted by molar-refractivity contribution is 7.90. The van der Waals surface area contributed by atoms with E-state index in [9.17, 15) is 22.8 Å². The Kier molecular flexibility index (Phi) is 5.03. The number of carboxylic acids is 2. The summed E-state index contributed by atoms with van der Waals surface area (Å²) in [6, 6.07) is 8.43. The van der Waals surface area contributed by atoms with Crippen LogP contribution in [0.3, 0.4) is 0 Å². The Balaban J connectivity index is 2.12. The molecule has 2 aromatic carbocycles. The van der Waals surface area contributed by atoms with Gasteiger partial charge in [-0.05, 0) is 42.5 Å². The molecule has 2 rings (SSSR count). The van der Waals surface area contributed by atoms with Crippen molar-refractivity contribution < 1.29 is 33.0 Å². The van der Waals surface area contributed by atoms with Crippen molar-refractivity contribution in [3.05, 3.63) is 59.7 Å². The summed E-state index contributed by atoms with van der Waals surface area (Å²) < 4.78 is 25.9. The van der Waals surface area contributed by atoms with Gasteiger partial charge in [0.25, 0.3) is 10.0 Å². The number of urea groups is 1. The summed E-state index contributed by atoms with van der Waals surface area (Å²) in [7, 11) is -4.22. The van der Waals surface area contributed by atoms with Crippen molar-refractivity contribution in [1.82, 2.24) is 4.72 Å². The second kappa shape index (κ2) is 7.01. The molecule has 2 aromatic rings. The smallest absolute Gasteiger partial charge is 0.335 e. The summed E-state index contributed by atoms with van der Waals surface area (Å²) in [4.78, 5) is 33.1. The Labute approximate surface area is 142 Å². The summed E-state index contributed by atoms with van der Waals surface area (Å²) in [6.07, 6.45) is 0. The molecule has 0 fully saturated rings. The van der Waals surface area contributed by atoms with Crippen molar-refractivity contribution in [2.24, 2.45) is 0 Å². The van der Waals surface area contributed by atoms with Crippen LogP contribution in [0, 0.1) is 0 Å². The standard InChI is InChI=1S/C15H12N2O7S/c18-13(19)9-4-6-12(7-5-9)25(23,24)17-15(22)16-11-3-1-2-10(8-11)14(20)21/h1-8H,(H,18,19)(H,20,21)(H2,16,17,22). The topological polar surface area (TPSA) is 150 Å². The quantitative estimate of drug-likeness (QED) is 0.629. The van der Waals surface area contributed by atoms with E-state index in [-0.39, 0.29) is 21.7 Å². The number of amides is 2. The second-order valence-electron chi connectivity index (χ2n) is 4.78. The van der Waals surface area contributed by atoms with E-state index in [2.05, 4.69) is 5.32 Å². The Bertz CT molecular complexity index is 937. The van der Waals surface area contributed by atoms with Crippen LogP contribution in [0.15, 0.2) is 53.4 Å². The number of rotatable bonds is 5. The number of hydrogen-bond donors (Lipinski definition) is 4. The van der Waals surface area contributed by atoms with Gasteiger partial charge in [-0.1, -0.05) is 6.07 Å². The van der Waals surface area contributed by atoms with Crippen LogP contribution in [0.2, 0.25) is 0 Å². The van der Waals surface area contributed by atoms with Crippen LogP contribution < -0.4 is 10.0 Å². The Hall–Kier alpha value is -3.40. The highest BCUT2D eigenvalue weighted by Crippen LogP contribution is 2.13. The van der Waals surface area contributed by atoms with Crippen molar-refractivity contribution in [3.8, 4) is 0 Å². The third-order valence-electron chi connectivity index (χ3n) is 3.01. The van der Waals surface area contributed by atoms with Gasteiger partial charge in [0.2, 0.25) is 0 Å². The Morgan fingerprint density at radius 3 is 2.00 bits per heavy atom. The summed E-state index contributed by atoms with van der Waals surface area (Å²) in [6.45, 7) is 0. The fraction of sp³-hybridized carbons (Fsp3) is 0. The van der Waals surface area contributed by atoms with Crippen molar-refractivity contribution in [2.45, 2.75) is 4.90 Å². The van der Waals surface area contributed by atoms with Gasteiger partial charge in [0.15, 0.2) is 0 Å². The Morgan fingerprint density at radius 2 is 1.44 bits per heavy atom. The number of carbonyl (C=O) groups is 3. The lowest BCUT2D eigenvalue weighted by Gasteiger charge is -2.09. The fourth-order valence-corrected chi connectivity index (χ4v) is 2.75. The van der Waals surface area contributed by atoms with E-state index in [1.54, 1.807) is 4.72 Å². The minimum atomic E-state index is -4.22. The molecule has 25 heavy (non-hydrogen) atoms. The zero-order valence-electron chi connectivity index (χ0n) is 12.5. The average Bonchev–Trinajstić information content (AvgIpc) is 2.54. The number of benzene rings is 2. The molecule has 0 atom stereocenters. The molecule has 0 radical (unpaired) electrons. The lowest BCUT2D eigenvalue weighted by Crippen LogP contribution is -2.34. The molecular weight excluding hydrogens is 352 g/mol. The number of sulfonamides is 1. The predicted molar refractivity (Wildman–Crippen MR) is 86.1 cm³/mol. The first-order chi connectivity index (χ1) is 11.7. The van der Waals surface area contributed by atoms with E-state index >= 15 is 0 Å². The van der Waals surface area contributed by atoms with Gasteiger partial charge in [-0.3, -0.25) is 0 Å². The largest absolute Gasteiger partial charge is 0.478 e. The number of carbonyl (C=O) groups excluding carboxylic acids is 1. The molecule has 0 unspecified atom stereocenters. The molecule has 0 aliphatic rings. The third-order valence-corrected chi connectivity index (χ3v) is 4.35. The van der Waals surface area contributed by atoms with Gasteiger partial charge in [-0.15, -0.1) is 0 Å². The molecule has 0 bridgehead atoms. The van der Waals surface area contributed by atoms with Crippen molar-refractivity contribution >= 4 is 33.7 Å². The normalized spacial score (nSPS) is 10.7. The highest BCUT2D eigenvalue weighted by Gasteiger charge is 2.18. The summed E-state index contributed by atoms with van der Waals surface area (Å²) >= 11 is 0. The van der Waals surface area contributed by atoms with Crippen LogP contribution in [-0.4, -0.2) is 36.6 Å². The molecule has 0 aliphatic carbocycles. The third kappa shape index (κ3) is 4.54. The minimum Gasteiger partial charge on any atom is -0.478 e. The van der Waals surface area contributed by atoms with E-state index in [0.717, 1.165) is 30.3 Å². The molecule has 0 saturated carbocycles. The minimum absolute atomic E-state index is 0.0788.